The van der Waals surface area contributed by atoms with E-state index in [1.165, 1.54) is 4.90 Å². The molecule has 4 rings (SSSR count). The third-order valence-corrected chi connectivity index (χ3v) is 6.75. The summed E-state index contributed by atoms with van der Waals surface area (Å²) in [5, 5.41) is 22.2. The van der Waals surface area contributed by atoms with Crippen LogP contribution in [0.25, 0.3) is 11.1 Å². The summed E-state index contributed by atoms with van der Waals surface area (Å²) in [4.78, 5) is 38.2. The molecule has 2 aliphatic rings. The molecule has 0 aromatic heterocycles. The highest BCUT2D eigenvalue weighted by atomic mass is 16.5. The van der Waals surface area contributed by atoms with Gasteiger partial charge in [0, 0.05) is 19.0 Å². The van der Waals surface area contributed by atoms with Gasteiger partial charge in [0.2, 0.25) is 5.91 Å². The van der Waals surface area contributed by atoms with Crippen molar-refractivity contribution in [2.45, 2.75) is 38.2 Å². The van der Waals surface area contributed by atoms with Gasteiger partial charge in [-0.05, 0) is 48.9 Å². The summed E-state index contributed by atoms with van der Waals surface area (Å²) >= 11 is 0. The Morgan fingerprint density at radius 1 is 1.09 bits per heavy atom. The molecule has 34 heavy (non-hydrogen) atoms. The van der Waals surface area contributed by atoms with Crippen LogP contribution in [0.15, 0.2) is 48.5 Å². The van der Waals surface area contributed by atoms with Gasteiger partial charge in [-0.15, -0.1) is 0 Å². The van der Waals surface area contributed by atoms with Crippen LogP contribution in [0.5, 0.6) is 0 Å². The van der Waals surface area contributed by atoms with Crippen LogP contribution < -0.4 is 5.32 Å². The zero-order valence-electron chi connectivity index (χ0n) is 19.4. The van der Waals surface area contributed by atoms with Crippen molar-refractivity contribution in [1.82, 2.24) is 10.2 Å². The third kappa shape index (κ3) is 4.50. The first-order chi connectivity index (χ1) is 16.1. The lowest BCUT2D eigenvalue weighted by Crippen LogP contribution is -2.58. The van der Waals surface area contributed by atoms with Gasteiger partial charge in [0.05, 0.1) is 12.0 Å². The first-order valence-corrected chi connectivity index (χ1v) is 11.5. The number of hydrogen-bond donors (Lipinski definition) is 3. The Balaban J connectivity index is 1.34. The van der Waals surface area contributed by atoms with E-state index >= 15 is 0 Å². The van der Waals surface area contributed by atoms with Crippen molar-refractivity contribution in [2.24, 2.45) is 5.41 Å². The van der Waals surface area contributed by atoms with Crippen LogP contribution in [-0.4, -0.2) is 64.9 Å². The van der Waals surface area contributed by atoms with E-state index in [1.807, 2.05) is 36.4 Å². The van der Waals surface area contributed by atoms with Gasteiger partial charge in [0.25, 0.3) is 0 Å². The summed E-state index contributed by atoms with van der Waals surface area (Å²) in [7, 11) is 0. The second kappa shape index (κ2) is 9.10. The van der Waals surface area contributed by atoms with Crippen molar-refractivity contribution in [1.29, 1.82) is 0 Å². The molecule has 1 unspecified atom stereocenters. The van der Waals surface area contributed by atoms with Crippen LogP contribution in [0.3, 0.4) is 0 Å². The molecule has 1 aliphatic carbocycles. The highest BCUT2D eigenvalue weighted by molar-refractivity contribution is 5.85. The Kier molecular flexibility index (Phi) is 6.36. The van der Waals surface area contributed by atoms with Crippen LogP contribution in [-0.2, 0) is 14.3 Å². The highest BCUT2D eigenvalue weighted by Crippen LogP contribution is 2.44. The molecule has 0 spiro atoms. The molecule has 0 radical (unpaired) electrons. The number of likely N-dealkylation sites (tertiary alicyclic amines) is 1. The number of carboxylic acid groups (broad SMARTS) is 1. The number of rotatable bonds is 6. The molecule has 1 heterocycles. The SMILES string of the molecule is CC(C)(CNC(=O)OCC1c2ccccc2-c2ccccc21)C(=O)N1CCCC(O)(C(=O)O)C1. The fraction of sp³-hybridized carbons (Fsp3) is 0.423. The number of carbonyl (C=O) groups is 3. The minimum atomic E-state index is -1.94. The summed E-state index contributed by atoms with van der Waals surface area (Å²) in [6, 6.07) is 16.1. The molecule has 8 heteroatoms. The number of aliphatic carboxylic acids is 1. The predicted molar refractivity (Wildman–Crippen MR) is 125 cm³/mol. The molecule has 8 nitrogen and oxygen atoms in total. The Morgan fingerprint density at radius 3 is 2.26 bits per heavy atom. The summed E-state index contributed by atoms with van der Waals surface area (Å²) in [6.45, 7) is 3.63. The molecule has 3 N–H and O–H groups in total. The van der Waals surface area contributed by atoms with Crippen LogP contribution in [0.2, 0.25) is 0 Å². The van der Waals surface area contributed by atoms with Gasteiger partial charge >= 0.3 is 12.1 Å². The normalized spacial score (nSPS) is 19.8. The Bertz CT molecular complexity index is 1070. The van der Waals surface area contributed by atoms with Crippen molar-refractivity contribution >= 4 is 18.0 Å². The quantitative estimate of drug-likeness (QED) is 0.603. The van der Waals surface area contributed by atoms with Gasteiger partial charge in [-0.1, -0.05) is 48.5 Å². The van der Waals surface area contributed by atoms with Crippen LogP contribution >= 0.6 is 0 Å². The molecule has 0 saturated carbocycles. The number of nitrogens with one attached hydrogen (secondary N) is 1. The topological polar surface area (TPSA) is 116 Å². The fourth-order valence-corrected chi connectivity index (χ4v) is 4.83. The minimum absolute atomic E-state index is 0.0184. The zero-order valence-corrected chi connectivity index (χ0v) is 19.4. The lowest BCUT2D eigenvalue weighted by Gasteiger charge is -2.39. The maximum Gasteiger partial charge on any atom is 0.407 e. The number of aliphatic hydroxyl groups is 1. The molecule has 2 amide bonds. The molecule has 2 aromatic carbocycles. The van der Waals surface area contributed by atoms with Gasteiger partial charge in [0.1, 0.15) is 6.61 Å². The van der Waals surface area contributed by atoms with E-state index < -0.39 is 23.1 Å². The molecule has 180 valence electrons. The van der Waals surface area contributed by atoms with E-state index in [9.17, 15) is 24.6 Å². The number of nitrogens with zero attached hydrogens (tertiary/aromatic N) is 1. The molecule has 0 bridgehead atoms. The molecule has 2 aromatic rings. The third-order valence-electron chi connectivity index (χ3n) is 6.75. The maximum atomic E-state index is 13.0. The second-order valence-corrected chi connectivity index (χ2v) is 9.73. The van der Waals surface area contributed by atoms with Gasteiger partial charge in [-0.3, -0.25) is 4.79 Å². The summed E-state index contributed by atoms with van der Waals surface area (Å²) in [6.07, 6.45) is -0.127. The van der Waals surface area contributed by atoms with Crippen molar-refractivity contribution in [3.8, 4) is 11.1 Å². The number of alkyl carbamates (subject to hydrolysis) is 1. The number of hydrogen-bond acceptors (Lipinski definition) is 5. The van der Waals surface area contributed by atoms with Crippen molar-refractivity contribution in [3.05, 3.63) is 59.7 Å². The molecule has 1 atom stereocenters. The number of amides is 2. The molecule has 1 saturated heterocycles. The second-order valence-electron chi connectivity index (χ2n) is 9.73. The van der Waals surface area contributed by atoms with E-state index in [2.05, 4.69) is 17.4 Å². The van der Waals surface area contributed by atoms with Gasteiger partial charge in [-0.2, -0.15) is 0 Å². The lowest BCUT2D eigenvalue weighted by molar-refractivity contribution is -0.168. The number of carbonyl (C=O) groups excluding carboxylic acids is 2. The maximum absolute atomic E-state index is 13.0. The van der Waals surface area contributed by atoms with Crippen LogP contribution in [0.4, 0.5) is 4.79 Å². The van der Waals surface area contributed by atoms with Crippen molar-refractivity contribution in [2.75, 3.05) is 26.2 Å². The molecule has 1 aliphatic heterocycles. The average molecular weight is 467 g/mol. The van der Waals surface area contributed by atoms with E-state index in [4.69, 9.17) is 4.74 Å². The highest BCUT2D eigenvalue weighted by Gasteiger charge is 2.44. The minimum Gasteiger partial charge on any atom is -0.479 e. The number of β-amino-alcohol motifs (C(OH)–C–C–N with tert-alkyl or cyclic N) is 1. The fourth-order valence-electron chi connectivity index (χ4n) is 4.83. The summed E-state index contributed by atoms with van der Waals surface area (Å²) in [5.41, 5.74) is 1.57. The number of benzene rings is 2. The predicted octanol–water partition coefficient (Wildman–Crippen LogP) is 2.99. The van der Waals surface area contributed by atoms with Gasteiger partial charge in [0.15, 0.2) is 5.60 Å². The average Bonchev–Trinajstić information content (AvgIpc) is 3.14. The zero-order chi connectivity index (χ0) is 24.5. The summed E-state index contributed by atoms with van der Waals surface area (Å²) in [5.74, 6) is -1.72. The van der Waals surface area contributed by atoms with Crippen LogP contribution in [0.1, 0.15) is 43.7 Å². The van der Waals surface area contributed by atoms with Crippen LogP contribution in [0, 0.1) is 5.41 Å². The number of carboxylic acids is 1. The number of fused-ring (bicyclic) bond motifs is 3. The Morgan fingerprint density at radius 2 is 1.68 bits per heavy atom. The van der Waals surface area contributed by atoms with E-state index in [0.29, 0.717) is 13.0 Å². The smallest absolute Gasteiger partial charge is 0.407 e. The Hall–Kier alpha value is -3.39. The van der Waals surface area contributed by atoms with Crippen molar-refractivity contribution < 1.29 is 29.3 Å². The Labute approximate surface area is 198 Å². The molecule has 1 fully saturated rings. The standard InChI is InChI=1S/C26H30N2O6/c1-25(2,22(29)28-13-7-12-26(33,16-28)23(30)31)15-27-24(32)34-14-21-19-10-5-3-8-17(19)18-9-4-6-11-20(18)21/h3-6,8-11,21,33H,7,12-16H2,1-2H3,(H,27,32)(H,30,31). The molecular weight excluding hydrogens is 436 g/mol. The largest absolute Gasteiger partial charge is 0.479 e. The monoisotopic (exact) mass is 466 g/mol. The van der Waals surface area contributed by atoms with E-state index in [0.717, 1.165) is 22.3 Å². The number of piperidine rings is 1. The van der Waals surface area contributed by atoms with E-state index in [1.54, 1.807) is 13.8 Å². The van der Waals surface area contributed by atoms with Crippen molar-refractivity contribution in [3.63, 3.8) is 0 Å². The van der Waals surface area contributed by atoms with Gasteiger partial charge < -0.3 is 25.2 Å². The first-order valence-electron chi connectivity index (χ1n) is 11.5. The lowest BCUT2D eigenvalue weighted by atomic mass is 9.87. The summed E-state index contributed by atoms with van der Waals surface area (Å²) < 4.78 is 5.53. The first kappa shape index (κ1) is 23.8. The molecular formula is C26H30N2O6. The number of ether oxygens (including phenoxy) is 1. The van der Waals surface area contributed by atoms with Gasteiger partial charge in [-0.25, -0.2) is 9.59 Å². The van der Waals surface area contributed by atoms with E-state index in [-0.39, 0.29) is 37.9 Å².